The number of nitrogens with zero attached hydrogens (tertiary/aromatic N) is 2. The highest BCUT2D eigenvalue weighted by atomic mass is 35.5. The highest BCUT2D eigenvalue weighted by Gasteiger charge is 2.63. The molecule has 2 aliphatic carbocycles. The number of hydrogen-bond acceptors (Lipinski definition) is 5. The second-order valence-corrected chi connectivity index (χ2v) is 11.5. The fourth-order valence-electron chi connectivity index (χ4n) is 6.96. The first-order chi connectivity index (χ1) is 17.8. The van der Waals surface area contributed by atoms with Gasteiger partial charge in [-0.05, 0) is 73.6 Å². The number of ether oxygens (including phenoxy) is 1. The van der Waals surface area contributed by atoms with E-state index in [0.717, 1.165) is 49.2 Å². The quantitative estimate of drug-likeness (QED) is 0.605. The number of hydrogen-bond donors (Lipinski definition) is 1. The van der Waals surface area contributed by atoms with E-state index >= 15 is 0 Å². The summed E-state index contributed by atoms with van der Waals surface area (Å²) in [7, 11) is 0. The number of amides is 3. The van der Waals surface area contributed by atoms with Crippen LogP contribution in [0.3, 0.4) is 0 Å². The van der Waals surface area contributed by atoms with E-state index in [-0.39, 0.29) is 35.6 Å². The maximum Gasteiger partial charge on any atom is 0.255 e. The number of imide groups is 1. The minimum absolute atomic E-state index is 0.0528. The Hall–Kier alpha value is -2.97. The van der Waals surface area contributed by atoms with Crippen LogP contribution in [-0.4, -0.2) is 58.3 Å². The van der Waals surface area contributed by atoms with Gasteiger partial charge in [-0.3, -0.25) is 24.6 Å². The molecule has 5 fully saturated rings. The van der Waals surface area contributed by atoms with Crippen LogP contribution in [0.1, 0.15) is 59.5 Å². The molecule has 37 heavy (non-hydrogen) atoms. The van der Waals surface area contributed by atoms with Crippen molar-refractivity contribution in [2.75, 3.05) is 13.1 Å². The summed E-state index contributed by atoms with van der Waals surface area (Å²) in [5, 5.41) is 2.91. The van der Waals surface area contributed by atoms with Gasteiger partial charge in [0.05, 0.1) is 0 Å². The Morgan fingerprint density at radius 2 is 1.84 bits per heavy atom. The number of likely N-dealkylation sites (tertiary alicyclic amines) is 1. The lowest BCUT2D eigenvalue weighted by Crippen LogP contribution is -2.73. The monoisotopic (exact) mass is 523 g/mol. The van der Waals surface area contributed by atoms with Crippen molar-refractivity contribution in [3.63, 3.8) is 0 Å². The molecule has 4 aliphatic heterocycles. The third-order valence-corrected chi connectivity index (χ3v) is 9.41. The predicted octanol–water partition coefficient (Wildman–Crippen LogP) is 3.64. The van der Waals surface area contributed by atoms with Gasteiger partial charge in [0, 0.05) is 48.1 Å². The number of benzene rings is 2. The topological polar surface area (TPSA) is 79.0 Å². The molecule has 3 amide bonds. The maximum atomic E-state index is 13.4. The van der Waals surface area contributed by atoms with Crippen molar-refractivity contribution < 1.29 is 23.5 Å². The fourth-order valence-corrected chi connectivity index (χ4v) is 7.29. The van der Waals surface area contributed by atoms with E-state index in [2.05, 4.69) is 10.2 Å². The molecule has 2 bridgehead atoms. The van der Waals surface area contributed by atoms with Crippen molar-refractivity contribution >= 4 is 29.3 Å². The molecule has 0 unspecified atom stereocenters. The van der Waals surface area contributed by atoms with Crippen LogP contribution in [0.25, 0.3) is 0 Å². The highest BCUT2D eigenvalue weighted by Crippen LogP contribution is 2.49. The molecule has 9 heteroatoms. The van der Waals surface area contributed by atoms with Crippen LogP contribution in [0, 0.1) is 11.7 Å². The van der Waals surface area contributed by atoms with Crippen LogP contribution >= 0.6 is 11.6 Å². The molecule has 2 atom stereocenters. The van der Waals surface area contributed by atoms with Gasteiger partial charge >= 0.3 is 0 Å². The van der Waals surface area contributed by atoms with E-state index in [0.29, 0.717) is 41.9 Å². The molecule has 6 aliphatic rings. The predicted molar refractivity (Wildman–Crippen MR) is 133 cm³/mol. The van der Waals surface area contributed by atoms with Gasteiger partial charge in [-0.1, -0.05) is 17.7 Å². The number of halogens is 2. The van der Waals surface area contributed by atoms with E-state index in [1.54, 1.807) is 17.0 Å². The van der Waals surface area contributed by atoms with E-state index < -0.39 is 5.54 Å². The molecule has 0 radical (unpaired) electrons. The molecule has 1 N–H and O–H groups in total. The van der Waals surface area contributed by atoms with Crippen molar-refractivity contribution in [2.45, 2.75) is 62.3 Å². The number of piperidine rings is 2. The molecule has 3 saturated heterocycles. The molecular formula is C28H27ClFN3O4. The molecule has 2 saturated carbocycles. The number of carbonyl (C=O) groups is 3. The fraction of sp³-hybridized carbons (Fsp3) is 0.464. The van der Waals surface area contributed by atoms with Crippen LogP contribution in [0.4, 0.5) is 4.39 Å². The summed E-state index contributed by atoms with van der Waals surface area (Å²) in [4.78, 5) is 41.7. The van der Waals surface area contributed by atoms with Gasteiger partial charge in [0.15, 0.2) is 0 Å². The summed E-state index contributed by atoms with van der Waals surface area (Å²) in [5.74, 6) is -0.224. The summed E-state index contributed by atoms with van der Waals surface area (Å²) in [6, 6.07) is 10.5. The number of carbonyl (C=O) groups excluding carboxylic acids is 3. The van der Waals surface area contributed by atoms with Crippen molar-refractivity contribution in [2.24, 2.45) is 5.92 Å². The maximum absolute atomic E-state index is 13.4. The zero-order valence-corrected chi connectivity index (χ0v) is 21.0. The Morgan fingerprint density at radius 3 is 2.59 bits per heavy atom. The minimum atomic E-state index is -0.909. The number of rotatable bonds is 5. The van der Waals surface area contributed by atoms with Crippen LogP contribution in [0.2, 0.25) is 5.02 Å². The van der Waals surface area contributed by atoms with Crippen LogP contribution in [-0.2, 0) is 16.1 Å². The Kier molecular flexibility index (Phi) is 5.18. The largest absolute Gasteiger partial charge is 0.489 e. The lowest BCUT2D eigenvalue weighted by Gasteiger charge is -2.53. The van der Waals surface area contributed by atoms with Crippen molar-refractivity contribution in [1.82, 2.24) is 15.1 Å². The van der Waals surface area contributed by atoms with E-state index in [1.807, 2.05) is 12.1 Å². The standard InChI is InChI=1S/C28H27ClFN3O4/c29-22-9-18(30)4-6-20(22)17-12-32(13-17)23-2-1-3-24(23)37-19-5-7-21-15(8-19)14-33(26(21)35)28-10-16(11-28)25(34)31-27(28)36/h4-9,16-17,23-24H,1-3,10-14H2,(H,31,34,36)/t16?,23-,24-,28?/m0/s1. The normalized spacial score (nSPS) is 31.1. The molecule has 192 valence electrons. The average Bonchev–Trinajstić information content (AvgIpc) is 3.38. The van der Waals surface area contributed by atoms with Crippen molar-refractivity contribution in [1.29, 1.82) is 0 Å². The summed E-state index contributed by atoms with van der Waals surface area (Å²) in [5.41, 5.74) is 1.54. The van der Waals surface area contributed by atoms with E-state index in [9.17, 15) is 18.8 Å². The Morgan fingerprint density at radius 1 is 1.03 bits per heavy atom. The minimum Gasteiger partial charge on any atom is -0.489 e. The third-order valence-electron chi connectivity index (χ3n) is 9.08. The van der Waals surface area contributed by atoms with Crippen LogP contribution < -0.4 is 10.1 Å². The van der Waals surface area contributed by atoms with Crippen molar-refractivity contribution in [3.05, 3.63) is 63.9 Å². The Balaban J connectivity index is 1.02. The third kappa shape index (κ3) is 3.52. The molecule has 2 aromatic rings. The molecular weight excluding hydrogens is 497 g/mol. The van der Waals surface area contributed by atoms with Crippen LogP contribution in [0.15, 0.2) is 36.4 Å². The smallest absolute Gasteiger partial charge is 0.255 e. The Labute approximate surface area is 218 Å². The molecule has 4 heterocycles. The molecule has 8 rings (SSSR count). The van der Waals surface area contributed by atoms with E-state index in [1.165, 1.54) is 12.1 Å². The highest BCUT2D eigenvalue weighted by molar-refractivity contribution is 6.31. The van der Waals surface area contributed by atoms with Crippen LogP contribution in [0.5, 0.6) is 5.75 Å². The van der Waals surface area contributed by atoms with Crippen molar-refractivity contribution in [3.8, 4) is 5.75 Å². The average molecular weight is 524 g/mol. The van der Waals surface area contributed by atoms with Gasteiger partial charge in [0.25, 0.3) is 11.8 Å². The number of fused-ring (bicyclic) bond motifs is 3. The van der Waals surface area contributed by atoms with Gasteiger partial charge in [-0.2, -0.15) is 0 Å². The summed E-state index contributed by atoms with van der Waals surface area (Å²) >= 11 is 6.27. The Bertz CT molecular complexity index is 1340. The molecule has 0 aromatic heterocycles. The van der Waals surface area contributed by atoms with Gasteiger partial charge < -0.3 is 9.64 Å². The lowest BCUT2D eigenvalue weighted by molar-refractivity contribution is -0.160. The van der Waals surface area contributed by atoms with Gasteiger partial charge in [0.1, 0.15) is 23.2 Å². The lowest BCUT2D eigenvalue weighted by atomic mass is 9.63. The zero-order chi connectivity index (χ0) is 25.5. The second-order valence-electron chi connectivity index (χ2n) is 11.1. The second kappa shape index (κ2) is 8.27. The summed E-state index contributed by atoms with van der Waals surface area (Å²) in [6.07, 6.45) is 3.97. The first-order valence-electron chi connectivity index (χ1n) is 13.0. The molecule has 2 aromatic carbocycles. The summed E-state index contributed by atoms with van der Waals surface area (Å²) in [6.45, 7) is 2.09. The molecule has 0 spiro atoms. The summed E-state index contributed by atoms with van der Waals surface area (Å²) < 4.78 is 19.9. The molecule has 7 nitrogen and oxygen atoms in total. The number of nitrogens with one attached hydrogen (secondary N) is 1. The van der Waals surface area contributed by atoms with Gasteiger partial charge in [-0.25, -0.2) is 4.39 Å². The SMILES string of the molecule is O=C1NC(=O)C2(N3Cc4cc(O[C@H]5CCC[C@@H]5N5CC(c6ccc(F)cc6Cl)C5)ccc4C3=O)CC1C2. The first-order valence-corrected chi connectivity index (χ1v) is 13.4. The van der Waals surface area contributed by atoms with Gasteiger partial charge in [-0.15, -0.1) is 0 Å². The van der Waals surface area contributed by atoms with Gasteiger partial charge in [0.2, 0.25) is 5.91 Å². The zero-order valence-electron chi connectivity index (χ0n) is 20.2. The first kappa shape index (κ1) is 23.2. The van der Waals surface area contributed by atoms with E-state index in [4.69, 9.17) is 16.3 Å².